The Bertz CT molecular complexity index is 1240. The highest BCUT2D eigenvalue weighted by atomic mass is 16.2. The van der Waals surface area contributed by atoms with Gasteiger partial charge in [0.25, 0.3) is 0 Å². The van der Waals surface area contributed by atoms with Gasteiger partial charge < -0.3 is 27.0 Å². The number of carbonyl (C=O) groups is 3. The second-order valence-corrected chi connectivity index (χ2v) is 10.1. The normalized spacial score (nSPS) is 11.8. The molecule has 0 aromatic heterocycles. The van der Waals surface area contributed by atoms with Crippen LogP contribution in [0, 0.1) is 0 Å². The summed E-state index contributed by atoms with van der Waals surface area (Å²) >= 11 is 0. The van der Waals surface area contributed by atoms with E-state index in [1.165, 1.54) is 5.56 Å². The molecule has 0 bridgehead atoms. The van der Waals surface area contributed by atoms with Crippen LogP contribution >= 0.6 is 0 Å². The van der Waals surface area contributed by atoms with E-state index in [4.69, 9.17) is 5.73 Å². The molecule has 1 atom stereocenters. The molecular weight excluding hydrogens is 490 g/mol. The zero-order valence-electron chi connectivity index (χ0n) is 22.9. The number of rotatable bonds is 12. The SMILES string of the molecule is CNC(=O)NCc1ccccc1-c1ccc(CNC(=O)[C@@H](CCCc2ccccc2)NC(=O)C(C)(C)N)cc1. The quantitative estimate of drug-likeness (QED) is 0.246. The summed E-state index contributed by atoms with van der Waals surface area (Å²) in [6.45, 7) is 3.98. The van der Waals surface area contributed by atoms with Crippen LogP contribution in [0.15, 0.2) is 78.9 Å². The smallest absolute Gasteiger partial charge is 0.314 e. The second-order valence-electron chi connectivity index (χ2n) is 10.1. The van der Waals surface area contributed by atoms with Gasteiger partial charge in [-0.15, -0.1) is 0 Å². The number of carbonyl (C=O) groups excluding carboxylic acids is 3. The van der Waals surface area contributed by atoms with Crippen LogP contribution in [0.3, 0.4) is 0 Å². The summed E-state index contributed by atoms with van der Waals surface area (Å²) < 4.78 is 0. The minimum atomic E-state index is -1.08. The maximum Gasteiger partial charge on any atom is 0.314 e. The summed E-state index contributed by atoms with van der Waals surface area (Å²) in [6.07, 6.45) is 2.06. The van der Waals surface area contributed by atoms with Gasteiger partial charge >= 0.3 is 6.03 Å². The number of amides is 4. The summed E-state index contributed by atoms with van der Waals surface area (Å²) in [5.41, 5.74) is 10.0. The molecule has 0 aliphatic rings. The van der Waals surface area contributed by atoms with Gasteiger partial charge in [-0.1, -0.05) is 78.9 Å². The lowest BCUT2D eigenvalue weighted by Crippen LogP contribution is -2.55. The van der Waals surface area contributed by atoms with Crippen molar-refractivity contribution in [3.63, 3.8) is 0 Å². The Morgan fingerprint density at radius 1 is 0.821 bits per heavy atom. The molecule has 0 aliphatic carbocycles. The van der Waals surface area contributed by atoms with Crippen LogP contribution in [0.5, 0.6) is 0 Å². The Labute approximate surface area is 230 Å². The van der Waals surface area contributed by atoms with Gasteiger partial charge in [0.05, 0.1) is 5.54 Å². The van der Waals surface area contributed by atoms with E-state index in [-0.39, 0.29) is 17.8 Å². The van der Waals surface area contributed by atoms with Gasteiger partial charge in [0.2, 0.25) is 11.8 Å². The fourth-order valence-electron chi connectivity index (χ4n) is 4.10. The highest BCUT2D eigenvalue weighted by Crippen LogP contribution is 2.24. The molecule has 8 nitrogen and oxygen atoms in total. The molecule has 4 amide bonds. The van der Waals surface area contributed by atoms with Crippen molar-refractivity contribution in [2.24, 2.45) is 5.73 Å². The van der Waals surface area contributed by atoms with Crippen molar-refractivity contribution in [1.82, 2.24) is 21.3 Å². The van der Waals surface area contributed by atoms with Crippen LogP contribution in [0.4, 0.5) is 4.79 Å². The zero-order chi connectivity index (χ0) is 28.3. The van der Waals surface area contributed by atoms with Crippen molar-refractivity contribution in [2.75, 3.05) is 7.05 Å². The molecule has 0 aliphatic heterocycles. The van der Waals surface area contributed by atoms with E-state index in [9.17, 15) is 14.4 Å². The number of hydrogen-bond donors (Lipinski definition) is 5. The van der Waals surface area contributed by atoms with Gasteiger partial charge in [-0.3, -0.25) is 9.59 Å². The van der Waals surface area contributed by atoms with Gasteiger partial charge in [-0.05, 0) is 60.9 Å². The van der Waals surface area contributed by atoms with E-state index in [0.717, 1.165) is 35.1 Å². The monoisotopic (exact) mass is 529 g/mol. The third-order valence-corrected chi connectivity index (χ3v) is 6.42. The molecule has 6 N–H and O–H groups in total. The Kier molecular flexibility index (Phi) is 10.6. The first kappa shape index (κ1) is 29.4. The lowest BCUT2D eigenvalue weighted by atomic mass is 9.98. The van der Waals surface area contributed by atoms with E-state index < -0.39 is 11.6 Å². The van der Waals surface area contributed by atoms with Crippen molar-refractivity contribution in [3.8, 4) is 11.1 Å². The molecule has 0 saturated heterocycles. The van der Waals surface area contributed by atoms with Crippen molar-refractivity contribution in [1.29, 1.82) is 0 Å². The van der Waals surface area contributed by atoms with Crippen LogP contribution < -0.4 is 27.0 Å². The summed E-state index contributed by atoms with van der Waals surface area (Å²) in [7, 11) is 1.58. The Hall–Kier alpha value is -4.17. The van der Waals surface area contributed by atoms with Crippen molar-refractivity contribution in [2.45, 2.75) is 57.8 Å². The molecule has 3 rings (SSSR count). The lowest BCUT2D eigenvalue weighted by Gasteiger charge is -2.24. The third-order valence-electron chi connectivity index (χ3n) is 6.42. The molecule has 8 heteroatoms. The first-order valence-electron chi connectivity index (χ1n) is 13.2. The van der Waals surface area contributed by atoms with Gasteiger partial charge in [0.1, 0.15) is 6.04 Å². The zero-order valence-corrected chi connectivity index (χ0v) is 22.9. The van der Waals surface area contributed by atoms with E-state index in [0.29, 0.717) is 19.5 Å². The predicted octanol–water partition coefficient (Wildman–Crippen LogP) is 3.64. The molecule has 206 valence electrons. The number of hydrogen-bond acceptors (Lipinski definition) is 4. The Morgan fingerprint density at radius 3 is 2.15 bits per heavy atom. The van der Waals surface area contributed by atoms with Gasteiger partial charge in [0.15, 0.2) is 0 Å². The molecule has 0 fully saturated rings. The first-order valence-corrected chi connectivity index (χ1v) is 13.2. The average molecular weight is 530 g/mol. The molecule has 0 unspecified atom stereocenters. The Balaban J connectivity index is 1.62. The van der Waals surface area contributed by atoms with Crippen molar-refractivity contribution >= 4 is 17.8 Å². The minimum Gasteiger partial charge on any atom is -0.350 e. The molecule has 39 heavy (non-hydrogen) atoms. The highest BCUT2D eigenvalue weighted by molar-refractivity contribution is 5.91. The maximum atomic E-state index is 13.1. The number of aryl methyl sites for hydroxylation is 1. The van der Waals surface area contributed by atoms with Gasteiger partial charge in [-0.25, -0.2) is 4.79 Å². The summed E-state index contributed by atoms with van der Waals surface area (Å²) in [5.74, 6) is -0.605. The summed E-state index contributed by atoms with van der Waals surface area (Å²) in [6, 6.07) is 25.0. The molecule has 3 aromatic rings. The topological polar surface area (TPSA) is 125 Å². The average Bonchev–Trinajstić information content (AvgIpc) is 2.94. The largest absolute Gasteiger partial charge is 0.350 e. The van der Waals surface area contributed by atoms with Crippen molar-refractivity contribution in [3.05, 3.63) is 95.6 Å². The standard InChI is InChI=1S/C31H39N5O3/c1-31(2,32)29(38)36-27(15-9-12-22-10-5-4-6-11-22)28(37)34-20-23-16-18-24(19-17-23)26-14-8-7-13-25(26)21-35-30(39)33-3/h4-8,10-11,13-14,16-19,27H,9,12,15,20-21,32H2,1-3H3,(H,34,37)(H,36,38)(H2,33,35,39)/t27-/m1/s1. The van der Waals surface area contributed by atoms with Crippen LogP contribution in [-0.4, -0.2) is 36.5 Å². The Morgan fingerprint density at radius 2 is 1.49 bits per heavy atom. The van der Waals surface area contributed by atoms with Crippen LogP contribution in [0.1, 0.15) is 43.4 Å². The van der Waals surface area contributed by atoms with Crippen LogP contribution in [0.2, 0.25) is 0 Å². The van der Waals surface area contributed by atoms with Gasteiger partial charge in [0, 0.05) is 20.1 Å². The second kappa shape index (κ2) is 14.1. The van der Waals surface area contributed by atoms with Crippen LogP contribution in [-0.2, 0) is 29.1 Å². The summed E-state index contributed by atoms with van der Waals surface area (Å²) in [5, 5.41) is 11.2. The van der Waals surface area contributed by atoms with Crippen LogP contribution in [0.25, 0.3) is 11.1 Å². The molecule has 0 heterocycles. The highest BCUT2D eigenvalue weighted by Gasteiger charge is 2.27. The molecular formula is C31H39N5O3. The number of nitrogens with two attached hydrogens (primary N) is 1. The fourth-order valence-corrected chi connectivity index (χ4v) is 4.10. The molecule has 0 spiro atoms. The van der Waals surface area contributed by atoms with Gasteiger partial charge in [-0.2, -0.15) is 0 Å². The number of nitrogens with one attached hydrogen (secondary N) is 4. The summed E-state index contributed by atoms with van der Waals surface area (Å²) in [4.78, 5) is 37.2. The molecule has 0 radical (unpaired) electrons. The first-order chi connectivity index (χ1) is 18.7. The molecule has 0 saturated carbocycles. The van der Waals surface area contributed by atoms with Crippen molar-refractivity contribution < 1.29 is 14.4 Å². The predicted molar refractivity (Wildman–Crippen MR) is 155 cm³/mol. The van der Waals surface area contributed by atoms with E-state index >= 15 is 0 Å². The van der Waals surface area contributed by atoms with E-state index in [1.54, 1.807) is 20.9 Å². The minimum absolute atomic E-state index is 0.236. The lowest BCUT2D eigenvalue weighted by molar-refractivity contribution is -0.131. The number of benzene rings is 3. The fraction of sp³-hybridized carbons (Fsp3) is 0.323. The van der Waals surface area contributed by atoms with E-state index in [1.807, 2.05) is 66.7 Å². The maximum absolute atomic E-state index is 13.1. The molecule has 3 aromatic carbocycles. The third kappa shape index (κ3) is 9.26. The van der Waals surface area contributed by atoms with E-state index in [2.05, 4.69) is 33.4 Å². The number of urea groups is 1.